The highest BCUT2D eigenvalue weighted by Gasteiger charge is 2.14. The van der Waals surface area contributed by atoms with Gasteiger partial charge in [-0.05, 0) is 30.3 Å². The fourth-order valence-electron chi connectivity index (χ4n) is 1.77. The molecule has 0 saturated carbocycles. The normalized spacial score (nSPS) is 12.2. The van der Waals surface area contributed by atoms with E-state index in [0.29, 0.717) is 21.4 Å². The summed E-state index contributed by atoms with van der Waals surface area (Å²) in [5.41, 5.74) is 0.640. The summed E-state index contributed by atoms with van der Waals surface area (Å²) in [5, 5.41) is 11.3. The van der Waals surface area contributed by atoms with Crippen LogP contribution in [0.3, 0.4) is 0 Å². The van der Waals surface area contributed by atoms with Crippen molar-refractivity contribution in [1.29, 1.82) is 0 Å². The maximum atomic E-state index is 10.2. The molecule has 2 nitrogen and oxygen atoms in total. The molecule has 5 heteroatoms. The van der Waals surface area contributed by atoms with Crippen molar-refractivity contribution in [1.82, 2.24) is 0 Å². The van der Waals surface area contributed by atoms with Gasteiger partial charge in [0.1, 0.15) is 5.75 Å². The Balaban J connectivity index is 2.08. The Hall–Kier alpha value is -0.870. The van der Waals surface area contributed by atoms with Crippen LogP contribution in [0.15, 0.2) is 47.4 Å². The second-order valence-electron chi connectivity index (χ2n) is 4.14. The fraction of sp³-hybridized carbons (Fsp3) is 0.200. The number of para-hydroxylation sites is 1. The van der Waals surface area contributed by atoms with Gasteiger partial charge in [-0.25, -0.2) is 0 Å². The molecular formula is C15H14Cl2O2S. The van der Waals surface area contributed by atoms with Crippen LogP contribution in [0.25, 0.3) is 0 Å². The summed E-state index contributed by atoms with van der Waals surface area (Å²) in [6.45, 7) is 0. The molecule has 0 radical (unpaired) electrons. The van der Waals surface area contributed by atoms with Crippen LogP contribution < -0.4 is 4.74 Å². The quantitative estimate of drug-likeness (QED) is 0.797. The monoisotopic (exact) mass is 328 g/mol. The number of rotatable bonds is 5. The molecule has 1 atom stereocenters. The average molecular weight is 329 g/mol. The zero-order chi connectivity index (χ0) is 14.5. The third-order valence-corrected chi connectivity index (χ3v) is 4.49. The van der Waals surface area contributed by atoms with E-state index < -0.39 is 6.10 Å². The predicted molar refractivity (Wildman–Crippen MR) is 85.1 cm³/mol. The number of hydrogen-bond donors (Lipinski definition) is 1. The Morgan fingerprint density at radius 2 is 1.95 bits per heavy atom. The molecule has 1 unspecified atom stereocenters. The van der Waals surface area contributed by atoms with Crippen LogP contribution >= 0.6 is 35.0 Å². The molecular weight excluding hydrogens is 315 g/mol. The van der Waals surface area contributed by atoms with Crippen molar-refractivity contribution in [3.63, 3.8) is 0 Å². The van der Waals surface area contributed by atoms with Gasteiger partial charge in [0.15, 0.2) is 0 Å². The summed E-state index contributed by atoms with van der Waals surface area (Å²) in [6, 6.07) is 12.8. The van der Waals surface area contributed by atoms with Crippen molar-refractivity contribution >= 4 is 35.0 Å². The minimum atomic E-state index is -0.684. The van der Waals surface area contributed by atoms with E-state index in [4.69, 9.17) is 27.9 Å². The van der Waals surface area contributed by atoms with Crippen LogP contribution in [-0.4, -0.2) is 18.0 Å². The van der Waals surface area contributed by atoms with E-state index in [1.807, 2.05) is 24.3 Å². The van der Waals surface area contributed by atoms with Crippen molar-refractivity contribution in [2.24, 2.45) is 0 Å². The number of aliphatic hydroxyl groups excluding tert-OH is 1. The van der Waals surface area contributed by atoms with Gasteiger partial charge in [0.2, 0.25) is 0 Å². The smallest absolute Gasteiger partial charge is 0.132 e. The second kappa shape index (κ2) is 7.23. The number of ether oxygens (including phenoxy) is 1. The standard InChI is InChI=1S/C15H14Cl2O2S/c1-19-14-4-2-3-5-15(14)20-9-13(18)11-8-10(16)6-7-12(11)17/h2-8,13,18H,9H2,1H3. The minimum Gasteiger partial charge on any atom is -0.496 e. The number of halogens is 2. The summed E-state index contributed by atoms with van der Waals surface area (Å²) >= 11 is 13.5. The molecule has 1 N–H and O–H groups in total. The van der Waals surface area contributed by atoms with E-state index in [-0.39, 0.29) is 0 Å². The molecule has 0 saturated heterocycles. The Bertz CT molecular complexity index is 590. The molecule has 20 heavy (non-hydrogen) atoms. The third-order valence-electron chi connectivity index (χ3n) is 2.78. The molecule has 0 spiro atoms. The van der Waals surface area contributed by atoms with Crippen molar-refractivity contribution in [3.05, 3.63) is 58.1 Å². The summed E-state index contributed by atoms with van der Waals surface area (Å²) in [6.07, 6.45) is -0.684. The van der Waals surface area contributed by atoms with Crippen molar-refractivity contribution in [2.75, 3.05) is 12.9 Å². The van der Waals surface area contributed by atoms with E-state index in [9.17, 15) is 5.11 Å². The van der Waals surface area contributed by atoms with Gasteiger partial charge in [0.25, 0.3) is 0 Å². The third kappa shape index (κ3) is 3.83. The first-order valence-electron chi connectivity index (χ1n) is 6.00. The number of benzene rings is 2. The van der Waals surface area contributed by atoms with E-state index >= 15 is 0 Å². The topological polar surface area (TPSA) is 29.5 Å². The molecule has 0 amide bonds. The minimum absolute atomic E-state index is 0.473. The lowest BCUT2D eigenvalue weighted by Gasteiger charge is -2.14. The molecule has 2 aromatic carbocycles. The summed E-state index contributed by atoms with van der Waals surface area (Å²) in [5.74, 6) is 1.27. The highest BCUT2D eigenvalue weighted by Crippen LogP contribution is 2.34. The number of aliphatic hydroxyl groups is 1. The van der Waals surface area contributed by atoms with Crippen LogP contribution in [0.2, 0.25) is 10.0 Å². The molecule has 2 rings (SSSR count). The number of thioether (sulfide) groups is 1. The second-order valence-corrected chi connectivity index (χ2v) is 6.05. The first-order chi connectivity index (χ1) is 9.61. The highest BCUT2D eigenvalue weighted by molar-refractivity contribution is 7.99. The summed E-state index contributed by atoms with van der Waals surface area (Å²) in [7, 11) is 1.63. The number of methoxy groups -OCH3 is 1. The molecule has 0 aliphatic heterocycles. The van der Waals surface area contributed by atoms with Crippen molar-refractivity contribution in [3.8, 4) is 5.75 Å². The molecule has 0 bridgehead atoms. The van der Waals surface area contributed by atoms with Gasteiger partial charge in [-0.1, -0.05) is 35.3 Å². The van der Waals surface area contributed by atoms with Gasteiger partial charge in [0, 0.05) is 26.3 Å². The first-order valence-corrected chi connectivity index (χ1v) is 7.75. The number of hydrogen-bond acceptors (Lipinski definition) is 3. The van der Waals surface area contributed by atoms with Crippen LogP contribution in [0.4, 0.5) is 0 Å². The average Bonchev–Trinajstić information content (AvgIpc) is 2.47. The van der Waals surface area contributed by atoms with Crippen LogP contribution in [0, 0.1) is 0 Å². The lowest BCUT2D eigenvalue weighted by Crippen LogP contribution is -2.01. The van der Waals surface area contributed by atoms with Gasteiger partial charge in [-0.2, -0.15) is 0 Å². The molecule has 0 aliphatic rings. The van der Waals surface area contributed by atoms with Gasteiger partial charge < -0.3 is 9.84 Å². The van der Waals surface area contributed by atoms with E-state index in [0.717, 1.165) is 10.6 Å². The van der Waals surface area contributed by atoms with E-state index in [1.54, 1.807) is 25.3 Å². The zero-order valence-corrected chi connectivity index (χ0v) is 13.2. The van der Waals surface area contributed by atoms with E-state index in [1.165, 1.54) is 11.8 Å². The molecule has 0 aromatic heterocycles. The van der Waals surface area contributed by atoms with Gasteiger partial charge in [0.05, 0.1) is 13.2 Å². The lowest BCUT2D eigenvalue weighted by molar-refractivity contribution is 0.204. The lowest BCUT2D eigenvalue weighted by atomic mass is 10.1. The largest absolute Gasteiger partial charge is 0.496 e. The Morgan fingerprint density at radius 1 is 1.20 bits per heavy atom. The molecule has 0 aliphatic carbocycles. The fourth-order valence-corrected chi connectivity index (χ4v) is 3.18. The van der Waals surface area contributed by atoms with E-state index in [2.05, 4.69) is 0 Å². The zero-order valence-electron chi connectivity index (χ0n) is 10.8. The SMILES string of the molecule is COc1ccccc1SCC(O)c1cc(Cl)ccc1Cl. The predicted octanol–water partition coefficient (Wildman–Crippen LogP) is 4.83. The van der Waals surface area contributed by atoms with Crippen molar-refractivity contribution < 1.29 is 9.84 Å². The van der Waals surface area contributed by atoms with Crippen molar-refractivity contribution in [2.45, 2.75) is 11.0 Å². The van der Waals surface area contributed by atoms with Gasteiger partial charge >= 0.3 is 0 Å². The Kier molecular flexibility index (Phi) is 5.61. The first kappa shape index (κ1) is 15.5. The van der Waals surface area contributed by atoms with Crippen LogP contribution in [0.1, 0.15) is 11.7 Å². The maximum Gasteiger partial charge on any atom is 0.132 e. The maximum absolute atomic E-state index is 10.2. The van der Waals surface area contributed by atoms with Crippen LogP contribution in [0.5, 0.6) is 5.75 Å². The molecule has 0 fully saturated rings. The van der Waals surface area contributed by atoms with Gasteiger partial charge in [-0.15, -0.1) is 11.8 Å². The Labute approximate surface area is 132 Å². The highest BCUT2D eigenvalue weighted by atomic mass is 35.5. The Morgan fingerprint density at radius 3 is 2.70 bits per heavy atom. The molecule has 0 heterocycles. The summed E-state index contributed by atoms with van der Waals surface area (Å²) in [4.78, 5) is 0.979. The molecule has 106 valence electrons. The summed E-state index contributed by atoms with van der Waals surface area (Å²) < 4.78 is 5.28. The van der Waals surface area contributed by atoms with Crippen LogP contribution in [-0.2, 0) is 0 Å². The molecule has 2 aromatic rings. The van der Waals surface area contributed by atoms with Gasteiger partial charge in [-0.3, -0.25) is 0 Å².